The van der Waals surface area contributed by atoms with Crippen LogP contribution < -0.4 is 10.5 Å². The monoisotopic (exact) mass is 525 g/mol. The molecule has 9 heteroatoms. The quantitative estimate of drug-likeness (QED) is 0.373. The molecule has 0 bridgehead atoms. The van der Waals surface area contributed by atoms with E-state index in [1.54, 1.807) is 13.3 Å². The van der Waals surface area contributed by atoms with E-state index in [-0.39, 0.29) is 11.9 Å². The standard InChI is InChI=1S/C30H35N7O2/c1-20-28-29(22-8-13-27(26(31)18-22)39-25-6-4-3-5-7-25)34-37(30(28)33-19-32-20)24-11-9-23(10-12-24)36-16-14-35(15-17-36)21(2)38/h3-8,13,18-19,23-24H,9-12,14-17,31H2,1-2H3. The summed E-state index contributed by atoms with van der Waals surface area (Å²) in [5, 5.41) is 6.09. The second-order valence-corrected chi connectivity index (χ2v) is 10.6. The SMILES string of the molecule is CC(=O)N1CCN(C2CCC(n3nc(-c4ccc(Oc5ccccc5)c(N)c4)c4c(C)ncnc43)CC2)CC1. The van der Waals surface area contributed by atoms with Crippen LogP contribution in [0.1, 0.15) is 44.3 Å². The van der Waals surface area contributed by atoms with Crippen LogP contribution in [-0.2, 0) is 4.79 Å². The van der Waals surface area contributed by atoms with Gasteiger partial charge in [0.25, 0.3) is 0 Å². The lowest BCUT2D eigenvalue weighted by atomic mass is 9.90. The van der Waals surface area contributed by atoms with Gasteiger partial charge in [0.1, 0.15) is 23.5 Å². The minimum absolute atomic E-state index is 0.178. The summed E-state index contributed by atoms with van der Waals surface area (Å²) in [5.74, 6) is 1.54. The van der Waals surface area contributed by atoms with Crippen molar-refractivity contribution >= 4 is 22.6 Å². The van der Waals surface area contributed by atoms with Crippen molar-refractivity contribution in [2.45, 2.75) is 51.6 Å². The van der Waals surface area contributed by atoms with Crippen LogP contribution in [0.15, 0.2) is 54.9 Å². The Hall–Kier alpha value is -3.98. The number of para-hydroxylation sites is 1. The zero-order chi connectivity index (χ0) is 26.9. The topological polar surface area (TPSA) is 102 Å². The molecule has 2 aromatic heterocycles. The summed E-state index contributed by atoms with van der Waals surface area (Å²) in [5.41, 5.74) is 10.5. The van der Waals surface area contributed by atoms with E-state index in [1.807, 2.05) is 60.4 Å². The fraction of sp³-hybridized carbons (Fsp3) is 0.400. The van der Waals surface area contributed by atoms with Crippen LogP contribution >= 0.6 is 0 Å². The Morgan fingerprint density at radius 2 is 1.67 bits per heavy atom. The Morgan fingerprint density at radius 1 is 0.949 bits per heavy atom. The van der Waals surface area contributed by atoms with Crippen molar-refractivity contribution in [3.8, 4) is 22.8 Å². The summed E-state index contributed by atoms with van der Waals surface area (Å²) < 4.78 is 8.11. The zero-order valence-corrected chi connectivity index (χ0v) is 22.6. The van der Waals surface area contributed by atoms with Gasteiger partial charge in [-0.15, -0.1) is 0 Å². The Bertz CT molecular complexity index is 1470. The molecule has 2 aromatic carbocycles. The fourth-order valence-corrected chi connectivity index (χ4v) is 6.05. The van der Waals surface area contributed by atoms with Crippen LogP contribution in [0.5, 0.6) is 11.5 Å². The number of carbonyl (C=O) groups is 1. The van der Waals surface area contributed by atoms with Crippen molar-refractivity contribution in [3.05, 3.63) is 60.6 Å². The minimum atomic E-state index is 0.178. The van der Waals surface area contributed by atoms with Crippen molar-refractivity contribution in [1.82, 2.24) is 29.5 Å². The van der Waals surface area contributed by atoms with Gasteiger partial charge >= 0.3 is 0 Å². The third-order valence-electron chi connectivity index (χ3n) is 8.22. The molecule has 1 saturated heterocycles. The predicted molar refractivity (Wildman–Crippen MR) is 152 cm³/mol. The molecule has 2 aliphatic rings. The molecule has 1 aliphatic carbocycles. The van der Waals surface area contributed by atoms with Gasteiger partial charge in [-0.05, 0) is 62.9 Å². The number of carbonyl (C=O) groups excluding carboxylic acids is 1. The van der Waals surface area contributed by atoms with Gasteiger partial charge in [0.05, 0.1) is 22.8 Å². The number of nitrogens with two attached hydrogens (primary N) is 1. The smallest absolute Gasteiger partial charge is 0.219 e. The number of anilines is 1. The Balaban J connectivity index is 1.23. The molecule has 1 amide bonds. The highest BCUT2D eigenvalue weighted by molar-refractivity contribution is 5.93. The molecule has 1 aliphatic heterocycles. The number of hydrogen-bond acceptors (Lipinski definition) is 7. The summed E-state index contributed by atoms with van der Waals surface area (Å²) in [4.78, 5) is 25.4. The molecular weight excluding hydrogens is 490 g/mol. The van der Waals surface area contributed by atoms with Gasteiger partial charge in [0.2, 0.25) is 5.91 Å². The van der Waals surface area contributed by atoms with E-state index in [0.29, 0.717) is 17.5 Å². The average molecular weight is 526 g/mol. The molecule has 39 heavy (non-hydrogen) atoms. The molecule has 4 aromatic rings. The van der Waals surface area contributed by atoms with E-state index >= 15 is 0 Å². The van der Waals surface area contributed by atoms with E-state index in [0.717, 1.165) is 85.6 Å². The highest BCUT2D eigenvalue weighted by Crippen LogP contribution is 2.38. The van der Waals surface area contributed by atoms with Crippen molar-refractivity contribution in [2.24, 2.45) is 0 Å². The summed E-state index contributed by atoms with van der Waals surface area (Å²) >= 11 is 0. The third-order valence-corrected chi connectivity index (χ3v) is 8.22. The number of rotatable bonds is 5. The highest BCUT2D eigenvalue weighted by Gasteiger charge is 2.31. The lowest BCUT2D eigenvalue weighted by Crippen LogP contribution is -2.52. The molecule has 1 saturated carbocycles. The first-order chi connectivity index (χ1) is 19.0. The number of hydrogen-bond donors (Lipinski definition) is 1. The van der Waals surface area contributed by atoms with E-state index in [9.17, 15) is 4.79 Å². The number of nitrogens with zero attached hydrogens (tertiary/aromatic N) is 6. The summed E-state index contributed by atoms with van der Waals surface area (Å²) in [6.07, 6.45) is 5.95. The fourth-order valence-electron chi connectivity index (χ4n) is 6.05. The van der Waals surface area contributed by atoms with E-state index in [4.69, 9.17) is 15.6 Å². The first-order valence-electron chi connectivity index (χ1n) is 13.8. The molecule has 0 atom stereocenters. The number of amides is 1. The molecule has 202 valence electrons. The Morgan fingerprint density at radius 3 is 2.36 bits per heavy atom. The maximum absolute atomic E-state index is 11.7. The van der Waals surface area contributed by atoms with E-state index in [1.165, 1.54) is 0 Å². The summed E-state index contributed by atoms with van der Waals surface area (Å²) in [6.45, 7) is 7.25. The number of piperazine rings is 1. The lowest BCUT2D eigenvalue weighted by Gasteiger charge is -2.41. The van der Waals surface area contributed by atoms with Crippen LogP contribution in [0.2, 0.25) is 0 Å². The van der Waals surface area contributed by atoms with Crippen LogP contribution in [0.4, 0.5) is 5.69 Å². The first kappa shape index (κ1) is 25.3. The lowest BCUT2D eigenvalue weighted by molar-refractivity contribution is -0.131. The summed E-state index contributed by atoms with van der Waals surface area (Å²) in [7, 11) is 0. The maximum Gasteiger partial charge on any atom is 0.219 e. The van der Waals surface area contributed by atoms with Gasteiger partial charge in [-0.3, -0.25) is 9.69 Å². The van der Waals surface area contributed by atoms with E-state index in [2.05, 4.69) is 19.5 Å². The second-order valence-electron chi connectivity index (χ2n) is 10.6. The molecule has 9 nitrogen and oxygen atoms in total. The Labute approximate surface area is 228 Å². The van der Waals surface area contributed by atoms with E-state index < -0.39 is 0 Å². The highest BCUT2D eigenvalue weighted by atomic mass is 16.5. The number of aromatic nitrogens is 4. The van der Waals surface area contributed by atoms with Crippen LogP contribution in [-0.4, -0.2) is 67.7 Å². The minimum Gasteiger partial charge on any atom is -0.455 e. The molecule has 0 spiro atoms. The maximum atomic E-state index is 11.7. The molecule has 2 fully saturated rings. The van der Waals surface area contributed by atoms with Gasteiger partial charge in [-0.25, -0.2) is 14.6 Å². The summed E-state index contributed by atoms with van der Waals surface area (Å²) in [6, 6.07) is 16.3. The molecule has 0 radical (unpaired) electrons. The van der Waals surface area contributed by atoms with Crippen molar-refractivity contribution in [2.75, 3.05) is 31.9 Å². The second kappa shape index (κ2) is 10.6. The average Bonchev–Trinajstić information content (AvgIpc) is 3.36. The predicted octanol–water partition coefficient (Wildman–Crippen LogP) is 4.82. The molecule has 6 rings (SSSR count). The largest absolute Gasteiger partial charge is 0.455 e. The first-order valence-corrected chi connectivity index (χ1v) is 13.8. The molecular formula is C30H35N7O2. The zero-order valence-electron chi connectivity index (χ0n) is 22.6. The van der Waals surface area contributed by atoms with Gasteiger partial charge in [0, 0.05) is 44.7 Å². The van der Waals surface area contributed by atoms with Crippen LogP contribution in [0.25, 0.3) is 22.3 Å². The number of nitrogen functional groups attached to an aromatic ring is 1. The van der Waals surface area contributed by atoms with Crippen molar-refractivity contribution in [1.29, 1.82) is 0 Å². The van der Waals surface area contributed by atoms with Gasteiger partial charge < -0.3 is 15.4 Å². The van der Waals surface area contributed by atoms with Crippen molar-refractivity contribution < 1.29 is 9.53 Å². The molecule has 3 heterocycles. The van der Waals surface area contributed by atoms with Gasteiger partial charge in [-0.2, -0.15) is 5.10 Å². The van der Waals surface area contributed by atoms with Gasteiger partial charge in [0.15, 0.2) is 5.65 Å². The van der Waals surface area contributed by atoms with Gasteiger partial charge in [-0.1, -0.05) is 18.2 Å². The van der Waals surface area contributed by atoms with Crippen LogP contribution in [0, 0.1) is 6.92 Å². The number of benzene rings is 2. The number of fused-ring (bicyclic) bond motifs is 1. The van der Waals surface area contributed by atoms with Crippen LogP contribution in [0.3, 0.4) is 0 Å². The van der Waals surface area contributed by atoms with Crippen molar-refractivity contribution in [3.63, 3.8) is 0 Å². The molecule has 2 N–H and O–H groups in total. The third kappa shape index (κ3) is 5.06. The number of aryl methyl sites for hydroxylation is 1. The number of ether oxygens (including phenoxy) is 1. The molecule has 0 unspecified atom stereocenters. The Kier molecular flexibility index (Phi) is 6.91. The normalized spacial score (nSPS) is 20.3.